The van der Waals surface area contributed by atoms with Crippen molar-refractivity contribution in [2.75, 3.05) is 33.0 Å². The van der Waals surface area contributed by atoms with Crippen molar-refractivity contribution < 1.29 is 12.6 Å². The van der Waals surface area contributed by atoms with Crippen molar-refractivity contribution in [3.63, 3.8) is 0 Å². The molecule has 0 saturated heterocycles. The fourth-order valence-electron chi connectivity index (χ4n) is 2.39. The summed E-state index contributed by atoms with van der Waals surface area (Å²) in [6, 6.07) is 0. The Morgan fingerprint density at radius 2 is 1.27 bits per heavy atom. The fourth-order valence-corrected chi connectivity index (χ4v) is 3.36. The first-order valence-electron chi connectivity index (χ1n) is 9.00. The lowest BCUT2D eigenvalue weighted by molar-refractivity contribution is 0.304. The van der Waals surface area contributed by atoms with Gasteiger partial charge in [0.05, 0.1) is 12.4 Å². The van der Waals surface area contributed by atoms with Crippen LogP contribution in [0.1, 0.15) is 77.6 Å². The molecule has 0 aromatic heterocycles. The van der Waals surface area contributed by atoms with Crippen molar-refractivity contribution >= 4 is 10.1 Å². The van der Waals surface area contributed by atoms with Crippen molar-refractivity contribution in [2.45, 2.75) is 77.6 Å². The van der Waals surface area contributed by atoms with E-state index in [1.54, 1.807) is 0 Å². The van der Waals surface area contributed by atoms with Gasteiger partial charge in [-0.2, -0.15) is 8.42 Å². The molecule has 0 N–H and O–H groups in total. The third-order valence-corrected chi connectivity index (χ3v) is 5.07. The second-order valence-electron chi connectivity index (χ2n) is 6.42. The molecule has 0 radical (unpaired) electrons. The summed E-state index contributed by atoms with van der Waals surface area (Å²) in [6.45, 7) is 3.37. The summed E-state index contributed by atoms with van der Waals surface area (Å²) in [5, 5.41) is 0. The molecule has 0 bridgehead atoms. The molecular weight excluding hydrogens is 298 g/mol. The van der Waals surface area contributed by atoms with Crippen LogP contribution in [-0.2, 0) is 14.3 Å². The molecule has 0 aliphatic rings. The van der Waals surface area contributed by atoms with Crippen LogP contribution in [0, 0.1) is 0 Å². The van der Waals surface area contributed by atoms with E-state index >= 15 is 0 Å². The molecule has 0 amide bonds. The summed E-state index contributed by atoms with van der Waals surface area (Å²) in [7, 11) is 0.569. The Kier molecular flexibility index (Phi) is 14.4. The number of nitrogens with zero attached hydrogens (tertiary/aromatic N) is 1. The molecule has 0 saturated carbocycles. The third kappa shape index (κ3) is 16.2. The molecule has 0 unspecified atom stereocenters. The molecule has 5 heteroatoms. The second kappa shape index (κ2) is 14.5. The molecule has 0 fully saturated rings. The minimum absolute atomic E-state index is 0.128. The summed E-state index contributed by atoms with van der Waals surface area (Å²) in [4.78, 5) is 1.98. The smallest absolute Gasteiger partial charge is 0.267 e. The van der Waals surface area contributed by atoms with Gasteiger partial charge in [0.1, 0.15) is 0 Å². The molecule has 22 heavy (non-hydrogen) atoms. The van der Waals surface area contributed by atoms with E-state index in [2.05, 4.69) is 6.92 Å². The molecule has 0 aromatic rings. The number of hydrogen-bond acceptors (Lipinski definition) is 4. The molecule has 4 nitrogen and oxygen atoms in total. The largest absolute Gasteiger partial charge is 0.309 e. The minimum atomic E-state index is -3.31. The summed E-state index contributed by atoms with van der Waals surface area (Å²) in [5.41, 5.74) is 0. The maximum Gasteiger partial charge on any atom is 0.267 e. The van der Waals surface area contributed by atoms with Crippen molar-refractivity contribution in [1.82, 2.24) is 4.90 Å². The van der Waals surface area contributed by atoms with Crippen LogP contribution >= 0.6 is 0 Å². The van der Waals surface area contributed by atoms with Crippen molar-refractivity contribution in [3.05, 3.63) is 0 Å². The van der Waals surface area contributed by atoms with Crippen LogP contribution in [0.3, 0.4) is 0 Å². The maximum atomic E-state index is 11.6. The van der Waals surface area contributed by atoms with Crippen LogP contribution in [0.5, 0.6) is 0 Å². The van der Waals surface area contributed by atoms with Crippen LogP contribution in [0.2, 0.25) is 0 Å². The molecule has 0 atom stereocenters. The quantitative estimate of drug-likeness (QED) is 0.313. The zero-order valence-corrected chi connectivity index (χ0v) is 15.8. The van der Waals surface area contributed by atoms with Gasteiger partial charge in [-0.05, 0) is 33.5 Å². The Morgan fingerprint density at radius 3 is 1.77 bits per heavy atom. The highest BCUT2D eigenvalue weighted by Gasteiger charge is 2.10. The van der Waals surface area contributed by atoms with Crippen molar-refractivity contribution in [1.29, 1.82) is 0 Å². The summed E-state index contributed by atoms with van der Waals surface area (Å²) in [5.74, 6) is 0.128. The van der Waals surface area contributed by atoms with Crippen LogP contribution in [0.15, 0.2) is 0 Å². The van der Waals surface area contributed by atoms with E-state index in [1.165, 1.54) is 51.4 Å². The molecule has 0 aliphatic carbocycles. The predicted molar refractivity (Wildman–Crippen MR) is 94.8 cm³/mol. The highest BCUT2D eigenvalue weighted by molar-refractivity contribution is 7.86. The van der Waals surface area contributed by atoms with E-state index in [1.807, 2.05) is 19.0 Å². The van der Waals surface area contributed by atoms with Gasteiger partial charge in [-0.15, -0.1) is 0 Å². The summed E-state index contributed by atoms with van der Waals surface area (Å²) in [6.07, 6.45) is 13.1. The Balaban J connectivity index is 3.34. The average Bonchev–Trinajstić information content (AvgIpc) is 2.44. The average molecular weight is 336 g/mol. The first kappa shape index (κ1) is 21.9. The van der Waals surface area contributed by atoms with Crippen LogP contribution in [0.25, 0.3) is 0 Å². The fraction of sp³-hybridized carbons (Fsp3) is 1.00. The highest BCUT2D eigenvalue weighted by Crippen LogP contribution is 2.10. The van der Waals surface area contributed by atoms with Gasteiger partial charge in [-0.1, -0.05) is 64.7 Å². The van der Waals surface area contributed by atoms with Gasteiger partial charge in [0.25, 0.3) is 10.1 Å². The van der Waals surface area contributed by atoms with Crippen LogP contribution in [0.4, 0.5) is 0 Å². The van der Waals surface area contributed by atoms with E-state index in [0.29, 0.717) is 13.0 Å². The van der Waals surface area contributed by atoms with Gasteiger partial charge < -0.3 is 4.90 Å². The second-order valence-corrected chi connectivity index (χ2v) is 8.18. The van der Waals surface area contributed by atoms with Crippen LogP contribution < -0.4 is 0 Å². The summed E-state index contributed by atoms with van der Waals surface area (Å²) < 4.78 is 28.3. The standard InChI is InChI=1S/C17H37NO3S/c1-4-5-6-7-8-9-10-11-12-13-16-21-22(19,20)17-14-15-18(2)3/h4-17H2,1-3H3. The molecule has 0 spiro atoms. The Bertz CT molecular complexity index is 329. The monoisotopic (exact) mass is 335 g/mol. The lowest BCUT2D eigenvalue weighted by Crippen LogP contribution is -2.18. The highest BCUT2D eigenvalue weighted by atomic mass is 32.2. The molecule has 0 rings (SSSR count). The zero-order valence-electron chi connectivity index (χ0n) is 15.0. The minimum Gasteiger partial charge on any atom is -0.309 e. The number of hydrogen-bond donors (Lipinski definition) is 0. The lowest BCUT2D eigenvalue weighted by atomic mass is 10.1. The normalized spacial score (nSPS) is 12.2. The molecule has 134 valence electrons. The van der Waals surface area contributed by atoms with Gasteiger partial charge in [0.2, 0.25) is 0 Å². The number of rotatable bonds is 16. The number of unbranched alkanes of at least 4 members (excludes halogenated alkanes) is 9. The topological polar surface area (TPSA) is 46.6 Å². The molecule has 0 heterocycles. The molecule has 0 aliphatic heterocycles. The first-order chi connectivity index (χ1) is 10.5. The Morgan fingerprint density at radius 1 is 0.773 bits per heavy atom. The van der Waals surface area contributed by atoms with Gasteiger partial charge >= 0.3 is 0 Å². The van der Waals surface area contributed by atoms with E-state index in [9.17, 15) is 8.42 Å². The van der Waals surface area contributed by atoms with Crippen LogP contribution in [-0.4, -0.2) is 46.3 Å². The molecular formula is C17H37NO3S. The van der Waals surface area contributed by atoms with Gasteiger partial charge in [0.15, 0.2) is 0 Å². The van der Waals surface area contributed by atoms with E-state index < -0.39 is 10.1 Å². The first-order valence-corrected chi connectivity index (χ1v) is 10.6. The van der Waals surface area contributed by atoms with Gasteiger partial charge in [-0.25, -0.2) is 0 Å². The van der Waals surface area contributed by atoms with E-state index in [-0.39, 0.29) is 5.75 Å². The Labute approximate surface area is 138 Å². The SMILES string of the molecule is CCCCCCCCCCCCOS(=O)(=O)CCCN(C)C. The third-order valence-electron chi connectivity index (χ3n) is 3.76. The van der Waals surface area contributed by atoms with Gasteiger partial charge in [-0.3, -0.25) is 4.18 Å². The Hall–Kier alpha value is -0.130. The lowest BCUT2D eigenvalue weighted by Gasteiger charge is -2.09. The van der Waals surface area contributed by atoms with Crippen molar-refractivity contribution in [2.24, 2.45) is 0 Å². The van der Waals surface area contributed by atoms with Gasteiger partial charge in [0, 0.05) is 0 Å². The zero-order chi connectivity index (χ0) is 16.7. The molecule has 0 aromatic carbocycles. The summed E-state index contributed by atoms with van der Waals surface area (Å²) >= 11 is 0. The van der Waals surface area contributed by atoms with E-state index in [4.69, 9.17) is 4.18 Å². The van der Waals surface area contributed by atoms with E-state index in [0.717, 1.165) is 19.4 Å². The maximum absolute atomic E-state index is 11.6. The van der Waals surface area contributed by atoms with Crippen molar-refractivity contribution in [3.8, 4) is 0 Å². The predicted octanol–water partition coefficient (Wildman–Crippen LogP) is 4.21.